The molecule has 2 fully saturated rings. The fourth-order valence-electron chi connectivity index (χ4n) is 11.4. The maximum atomic E-state index is 13.2. The van der Waals surface area contributed by atoms with Gasteiger partial charge in [0.1, 0.15) is 12.2 Å². The number of aliphatic hydroxyl groups is 4. The first-order valence-corrected chi connectivity index (χ1v) is 32.8. The van der Waals surface area contributed by atoms with E-state index < -0.39 is 42.7 Å². The highest BCUT2D eigenvalue weighted by Gasteiger charge is 2.51. The maximum absolute atomic E-state index is 13.2. The molecular formula is C65H123NO10. The van der Waals surface area contributed by atoms with Crippen LogP contribution < -0.4 is 0 Å². The minimum absolute atomic E-state index is 0.184. The molecule has 0 amide bonds. The first-order chi connectivity index (χ1) is 37.1. The molecule has 0 bridgehead atoms. The Morgan fingerprint density at radius 2 is 0.776 bits per heavy atom. The molecule has 2 saturated heterocycles. The van der Waals surface area contributed by atoms with E-state index in [2.05, 4.69) is 38.7 Å². The summed E-state index contributed by atoms with van der Waals surface area (Å²) in [6, 6.07) is 0. The van der Waals surface area contributed by atoms with E-state index >= 15 is 0 Å². The molecule has 2 rings (SSSR count). The van der Waals surface area contributed by atoms with Crippen molar-refractivity contribution < 1.29 is 49.0 Å². The van der Waals surface area contributed by atoms with Gasteiger partial charge in [-0.25, -0.2) is 0 Å². The number of nitrogens with zero attached hydrogens (tertiary/aromatic N) is 1. The summed E-state index contributed by atoms with van der Waals surface area (Å²) >= 11 is 0. The van der Waals surface area contributed by atoms with Gasteiger partial charge in [0.15, 0.2) is 12.2 Å². The van der Waals surface area contributed by atoms with Crippen LogP contribution in [0.3, 0.4) is 0 Å². The highest BCUT2D eigenvalue weighted by Crippen LogP contribution is 2.31. The van der Waals surface area contributed by atoms with Crippen LogP contribution in [0.15, 0.2) is 11.6 Å². The molecule has 448 valence electrons. The fraction of sp³-hybridized carbons (Fsp3) is 0.938. The van der Waals surface area contributed by atoms with Crippen LogP contribution in [-0.4, -0.2) is 119 Å². The van der Waals surface area contributed by atoms with E-state index in [4.69, 9.17) is 18.9 Å². The third-order valence-electron chi connectivity index (χ3n) is 16.2. The maximum Gasteiger partial charge on any atom is 0.306 e. The van der Waals surface area contributed by atoms with Crippen LogP contribution in [0.4, 0.5) is 0 Å². The molecular weight excluding hydrogens is 955 g/mol. The Labute approximate surface area is 467 Å². The smallest absolute Gasteiger partial charge is 0.306 e. The fourth-order valence-corrected chi connectivity index (χ4v) is 11.4. The van der Waals surface area contributed by atoms with Crippen LogP contribution in [0.1, 0.15) is 310 Å². The highest BCUT2D eigenvalue weighted by molar-refractivity contribution is 5.70. The molecule has 4 N–H and O–H groups in total. The number of rotatable bonds is 55. The number of allylic oxidation sites excluding steroid dienone is 1. The Kier molecular flexibility index (Phi) is 45.7. The molecule has 0 aromatic carbocycles. The van der Waals surface area contributed by atoms with Gasteiger partial charge < -0.3 is 39.4 Å². The molecule has 0 aromatic rings. The van der Waals surface area contributed by atoms with Gasteiger partial charge in [0.05, 0.1) is 37.6 Å². The van der Waals surface area contributed by atoms with Crippen LogP contribution in [-0.2, 0) is 28.5 Å². The second-order valence-corrected chi connectivity index (χ2v) is 23.7. The predicted molar refractivity (Wildman–Crippen MR) is 314 cm³/mol. The summed E-state index contributed by atoms with van der Waals surface area (Å²) in [5, 5.41) is 44.0. The van der Waals surface area contributed by atoms with E-state index in [0.717, 1.165) is 77.0 Å². The van der Waals surface area contributed by atoms with E-state index in [0.29, 0.717) is 51.7 Å². The number of carbonyl (C=O) groups is 2. The zero-order valence-corrected chi connectivity index (χ0v) is 50.0. The van der Waals surface area contributed by atoms with Gasteiger partial charge in [0, 0.05) is 25.9 Å². The van der Waals surface area contributed by atoms with Crippen molar-refractivity contribution in [3.8, 4) is 0 Å². The van der Waals surface area contributed by atoms with Gasteiger partial charge in [0.2, 0.25) is 0 Å². The second-order valence-electron chi connectivity index (χ2n) is 23.7. The van der Waals surface area contributed by atoms with Crippen molar-refractivity contribution in [3.05, 3.63) is 11.6 Å². The van der Waals surface area contributed by atoms with Gasteiger partial charge in [-0.05, 0) is 70.8 Å². The molecule has 76 heavy (non-hydrogen) atoms. The van der Waals surface area contributed by atoms with E-state index in [-0.39, 0.29) is 44.1 Å². The van der Waals surface area contributed by atoms with E-state index in [1.165, 1.54) is 166 Å². The molecule has 2 aliphatic heterocycles. The number of ether oxygens (including phenoxy) is 4. The van der Waals surface area contributed by atoms with E-state index in [9.17, 15) is 30.0 Å². The molecule has 2 aliphatic rings. The molecule has 0 saturated carbocycles. The van der Waals surface area contributed by atoms with Crippen molar-refractivity contribution in [2.24, 2.45) is 0 Å². The SMILES string of the molecule is CCCCCCCCCCC(O)CC/C(=C/CCCC(=O)O[C@H]1COC2C1OC[C@H]2OC(=O)CCCN(CC(O)CCCCCCCCCC)CC(O)CCCCCCCCCC)CC(O)CCCCCCCCCC. The lowest BCUT2D eigenvalue weighted by atomic mass is 9.95. The summed E-state index contributed by atoms with van der Waals surface area (Å²) in [4.78, 5) is 28.5. The number of esters is 2. The van der Waals surface area contributed by atoms with Gasteiger partial charge in [-0.2, -0.15) is 0 Å². The lowest BCUT2D eigenvalue weighted by Gasteiger charge is -2.27. The predicted octanol–water partition coefficient (Wildman–Crippen LogP) is 15.5. The van der Waals surface area contributed by atoms with Crippen molar-refractivity contribution in [2.75, 3.05) is 32.8 Å². The summed E-state index contributed by atoms with van der Waals surface area (Å²) in [5.41, 5.74) is 1.17. The zero-order valence-electron chi connectivity index (χ0n) is 50.0. The third kappa shape index (κ3) is 38.1. The quantitative estimate of drug-likeness (QED) is 0.0261. The topological polar surface area (TPSA) is 155 Å². The molecule has 11 heteroatoms. The third-order valence-corrected chi connectivity index (χ3v) is 16.2. The first kappa shape index (κ1) is 70.5. The van der Waals surface area contributed by atoms with Gasteiger partial charge in [-0.1, -0.05) is 245 Å². The molecule has 6 unspecified atom stereocenters. The molecule has 0 aliphatic carbocycles. The average Bonchev–Trinajstić information content (AvgIpc) is 3.99. The Morgan fingerprint density at radius 3 is 1.17 bits per heavy atom. The second kappa shape index (κ2) is 49.2. The zero-order chi connectivity index (χ0) is 55.1. The lowest BCUT2D eigenvalue weighted by Crippen LogP contribution is -2.39. The van der Waals surface area contributed by atoms with Gasteiger partial charge in [-0.3, -0.25) is 14.5 Å². The highest BCUT2D eigenvalue weighted by atomic mass is 16.7. The van der Waals surface area contributed by atoms with Crippen molar-refractivity contribution in [1.82, 2.24) is 4.90 Å². The normalized spacial score (nSPS) is 19.3. The summed E-state index contributed by atoms with van der Waals surface area (Å²) in [7, 11) is 0. The Hall–Kier alpha value is -1.60. The summed E-state index contributed by atoms with van der Waals surface area (Å²) in [5.74, 6) is -0.637. The number of unbranched alkanes of at least 4 members (excludes halogenated alkanes) is 29. The van der Waals surface area contributed by atoms with Crippen LogP contribution in [0.5, 0.6) is 0 Å². The van der Waals surface area contributed by atoms with Crippen LogP contribution in [0.2, 0.25) is 0 Å². The Bertz CT molecular complexity index is 1340. The molecule has 8 atom stereocenters. The summed E-state index contributed by atoms with van der Waals surface area (Å²) in [6.07, 6.45) is 45.4. The molecule has 0 aromatic heterocycles. The van der Waals surface area contributed by atoms with Crippen molar-refractivity contribution >= 4 is 11.9 Å². The standard InChI is InChI=1S/C65H123NO10/c1-5-9-13-17-21-25-29-33-41-56(67)48-47-55(50-57(68)42-34-30-26-22-18-14-10-6-2)40-37-38-45-62(71)75-60-53-73-65-61(54-74-64(60)65)76-63(72)46-39-49-66(51-58(69)43-35-31-27-23-19-15-11-7-3)52-59(70)44-36-32-28-24-20-16-12-8-4/h40,56-61,64-65,67-70H,5-39,41-54H2,1-4H3/b55-40-/t56?,57?,58?,59?,60-,61+,64?,65?/m0/s1. The average molecular weight is 1080 g/mol. The monoisotopic (exact) mass is 1080 g/mol. The van der Waals surface area contributed by atoms with Crippen molar-refractivity contribution in [1.29, 1.82) is 0 Å². The van der Waals surface area contributed by atoms with Gasteiger partial charge >= 0.3 is 11.9 Å². The first-order valence-electron chi connectivity index (χ1n) is 32.8. The van der Waals surface area contributed by atoms with E-state index in [1.54, 1.807) is 0 Å². The summed E-state index contributed by atoms with van der Waals surface area (Å²) in [6.45, 7) is 10.9. The lowest BCUT2D eigenvalue weighted by molar-refractivity contribution is -0.155. The molecule has 2 heterocycles. The minimum atomic E-state index is -0.576. The van der Waals surface area contributed by atoms with Crippen LogP contribution in [0, 0.1) is 0 Å². The number of hydrogen-bond donors (Lipinski definition) is 4. The van der Waals surface area contributed by atoms with Crippen molar-refractivity contribution in [3.63, 3.8) is 0 Å². The van der Waals surface area contributed by atoms with Crippen molar-refractivity contribution in [2.45, 2.75) is 359 Å². The molecule has 0 spiro atoms. The van der Waals surface area contributed by atoms with Gasteiger partial charge in [0.25, 0.3) is 0 Å². The molecule has 11 nitrogen and oxygen atoms in total. The minimum Gasteiger partial charge on any atom is -0.457 e. The number of hydrogen-bond acceptors (Lipinski definition) is 11. The number of carbonyl (C=O) groups excluding carboxylic acids is 2. The van der Waals surface area contributed by atoms with E-state index in [1.807, 2.05) is 0 Å². The molecule has 0 radical (unpaired) electrons. The Morgan fingerprint density at radius 1 is 0.434 bits per heavy atom. The van der Waals surface area contributed by atoms with Crippen LogP contribution >= 0.6 is 0 Å². The van der Waals surface area contributed by atoms with Gasteiger partial charge in [-0.15, -0.1) is 0 Å². The Balaban J connectivity index is 1.81. The number of fused-ring (bicyclic) bond motifs is 1. The van der Waals surface area contributed by atoms with Crippen LogP contribution in [0.25, 0.3) is 0 Å². The largest absolute Gasteiger partial charge is 0.457 e. The summed E-state index contributed by atoms with van der Waals surface area (Å²) < 4.78 is 23.9. The number of aliphatic hydroxyl groups excluding tert-OH is 4.